The van der Waals surface area contributed by atoms with Crippen LogP contribution < -0.4 is 27.0 Å². The molecule has 4 atom stereocenters. The lowest BCUT2D eigenvalue weighted by atomic mass is 10.0. The molecule has 2 unspecified atom stereocenters. The fraction of sp³-hybridized carbons (Fsp3) is 0.850. The van der Waals surface area contributed by atoms with Gasteiger partial charge in [-0.25, -0.2) is 4.79 Å². The number of carboxylic acid groups (broad SMARTS) is 1. The van der Waals surface area contributed by atoms with Gasteiger partial charge in [0.25, 0.3) is 0 Å². The molecule has 11 nitrogen and oxygen atoms in total. The predicted molar refractivity (Wildman–Crippen MR) is 117 cm³/mol. The first-order valence-corrected chi connectivity index (χ1v) is 10.6. The second-order valence-electron chi connectivity index (χ2n) is 9.14. The number of aliphatic carboxylic acids is 1. The Kier molecular flexibility index (Phi) is 12.8. The highest BCUT2D eigenvalue weighted by Gasteiger charge is 2.29. The zero-order valence-corrected chi connectivity index (χ0v) is 19.4. The summed E-state index contributed by atoms with van der Waals surface area (Å²) in [5, 5.41) is 38.8. The van der Waals surface area contributed by atoms with E-state index >= 15 is 0 Å². The van der Waals surface area contributed by atoms with Crippen LogP contribution in [0.4, 0.5) is 0 Å². The molecule has 31 heavy (non-hydrogen) atoms. The van der Waals surface area contributed by atoms with Crippen molar-refractivity contribution < 1.29 is 29.7 Å². The number of aliphatic hydroxyl groups is 2. The van der Waals surface area contributed by atoms with Crippen LogP contribution in [0.15, 0.2) is 0 Å². The van der Waals surface area contributed by atoms with Gasteiger partial charge in [0.2, 0.25) is 11.8 Å². The number of carbonyl (C=O) groups excluding carboxylic acids is 2. The summed E-state index contributed by atoms with van der Waals surface area (Å²) in [4.78, 5) is 36.7. The number of hydrogen-bond donors (Lipinski definition) is 8. The highest BCUT2D eigenvalue weighted by Crippen LogP contribution is 2.07. The standard InChI is InChI=1S/C20H41N5O6/c1-11(2)12(3)23-13(7-8-16(26)27)18(29)24-15(19(30)31)10-22-17(28)14(9-21)25-20(4,5)6/h11-16,23,25-27H,7-10,21H2,1-6H3,(H,22,28)(H,24,29)(H,30,31)/t12?,13-,14-,15?/m0/s1. The second kappa shape index (κ2) is 13.6. The van der Waals surface area contributed by atoms with Gasteiger partial charge in [0.1, 0.15) is 6.04 Å². The van der Waals surface area contributed by atoms with Gasteiger partial charge in [0, 0.05) is 24.7 Å². The largest absolute Gasteiger partial charge is 0.480 e. The maximum atomic E-state index is 12.7. The molecule has 0 fully saturated rings. The zero-order valence-electron chi connectivity index (χ0n) is 19.4. The molecule has 0 aromatic carbocycles. The molecule has 0 saturated heterocycles. The first-order chi connectivity index (χ1) is 14.2. The first kappa shape index (κ1) is 29.2. The lowest BCUT2D eigenvalue weighted by Crippen LogP contribution is -2.58. The lowest BCUT2D eigenvalue weighted by Gasteiger charge is -2.28. The second-order valence-corrected chi connectivity index (χ2v) is 9.14. The number of nitrogens with two attached hydrogens (primary N) is 1. The van der Waals surface area contributed by atoms with Crippen molar-refractivity contribution in [3.63, 3.8) is 0 Å². The van der Waals surface area contributed by atoms with E-state index in [1.807, 2.05) is 41.5 Å². The van der Waals surface area contributed by atoms with Crippen LogP contribution in [0.2, 0.25) is 0 Å². The van der Waals surface area contributed by atoms with Crippen molar-refractivity contribution in [2.24, 2.45) is 11.7 Å². The molecule has 182 valence electrons. The van der Waals surface area contributed by atoms with E-state index in [2.05, 4.69) is 21.3 Å². The molecular formula is C20H41N5O6. The minimum atomic E-state index is -1.58. The summed E-state index contributed by atoms with van der Waals surface area (Å²) in [6.45, 7) is 11.1. The Morgan fingerprint density at radius 1 is 0.935 bits per heavy atom. The van der Waals surface area contributed by atoms with Crippen molar-refractivity contribution in [2.75, 3.05) is 13.1 Å². The van der Waals surface area contributed by atoms with Crippen molar-refractivity contribution >= 4 is 17.8 Å². The summed E-state index contributed by atoms with van der Waals surface area (Å²) in [6, 6.07) is -2.96. The van der Waals surface area contributed by atoms with Crippen molar-refractivity contribution in [1.82, 2.24) is 21.3 Å². The maximum absolute atomic E-state index is 12.7. The molecule has 0 aliphatic heterocycles. The molecule has 9 N–H and O–H groups in total. The molecule has 0 aliphatic rings. The monoisotopic (exact) mass is 447 g/mol. The number of carbonyl (C=O) groups is 3. The van der Waals surface area contributed by atoms with Gasteiger partial charge in [-0.2, -0.15) is 0 Å². The molecule has 11 heteroatoms. The number of amides is 2. The Morgan fingerprint density at radius 3 is 1.94 bits per heavy atom. The predicted octanol–water partition coefficient (Wildman–Crippen LogP) is -1.52. The third-order valence-corrected chi connectivity index (χ3v) is 4.75. The number of aliphatic hydroxyl groups excluding tert-OH is 1. The van der Waals surface area contributed by atoms with Crippen molar-refractivity contribution in [2.45, 2.75) is 90.4 Å². The highest BCUT2D eigenvalue weighted by atomic mass is 16.5. The van der Waals surface area contributed by atoms with E-state index in [0.717, 1.165) is 0 Å². The Balaban J connectivity index is 5.11. The van der Waals surface area contributed by atoms with Crippen molar-refractivity contribution in [3.8, 4) is 0 Å². The van der Waals surface area contributed by atoms with Crippen molar-refractivity contribution in [1.29, 1.82) is 0 Å². The topological polar surface area (TPSA) is 186 Å². The van der Waals surface area contributed by atoms with Crippen LogP contribution in [0.1, 0.15) is 54.4 Å². The van der Waals surface area contributed by atoms with Crippen LogP contribution in [0.5, 0.6) is 0 Å². The van der Waals surface area contributed by atoms with Crippen LogP contribution in [0.25, 0.3) is 0 Å². The summed E-state index contributed by atoms with van der Waals surface area (Å²) in [6.07, 6.45) is -1.53. The minimum absolute atomic E-state index is 0.0236. The number of carboxylic acids is 1. The molecule has 2 amide bonds. The van der Waals surface area contributed by atoms with Gasteiger partial charge in [-0.3, -0.25) is 9.59 Å². The van der Waals surface area contributed by atoms with Crippen LogP contribution >= 0.6 is 0 Å². The smallest absolute Gasteiger partial charge is 0.328 e. The zero-order chi connectivity index (χ0) is 24.4. The normalized spacial score (nSPS) is 16.0. The summed E-state index contributed by atoms with van der Waals surface area (Å²) in [5.41, 5.74) is 5.27. The van der Waals surface area contributed by atoms with Crippen LogP contribution in [0, 0.1) is 5.92 Å². The van der Waals surface area contributed by atoms with E-state index in [1.165, 1.54) is 0 Å². The Morgan fingerprint density at radius 2 is 1.52 bits per heavy atom. The molecule has 0 radical (unpaired) electrons. The van der Waals surface area contributed by atoms with Gasteiger partial charge >= 0.3 is 5.97 Å². The number of nitrogens with one attached hydrogen (secondary N) is 4. The van der Waals surface area contributed by atoms with E-state index in [-0.39, 0.29) is 43.4 Å². The molecule has 0 heterocycles. The highest BCUT2D eigenvalue weighted by molar-refractivity contribution is 5.88. The number of hydrogen-bond acceptors (Lipinski definition) is 8. The first-order valence-electron chi connectivity index (χ1n) is 10.6. The molecule has 0 bridgehead atoms. The maximum Gasteiger partial charge on any atom is 0.328 e. The molecule has 0 rings (SSSR count). The van der Waals surface area contributed by atoms with Gasteiger partial charge in [0.15, 0.2) is 6.29 Å². The summed E-state index contributed by atoms with van der Waals surface area (Å²) in [7, 11) is 0. The van der Waals surface area contributed by atoms with E-state index in [0.29, 0.717) is 0 Å². The third-order valence-electron chi connectivity index (χ3n) is 4.75. The van der Waals surface area contributed by atoms with E-state index in [1.54, 1.807) is 0 Å². The van der Waals surface area contributed by atoms with Crippen LogP contribution in [-0.4, -0.2) is 82.2 Å². The van der Waals surface area contributed by atoms with Crippen LogP contribution in [0.3, 0.4) is 0 Å². The van der Waals surface area contributed by atoms with E-state index < -0.39 is 42.2 Å². The molecular weight excluding hydrogens is 406 g/mol. The van der Waals surface area contributed by atoms with Gasteiger partial charge in [-0.05, 0) is 46.5 Å². The SMILES string of the molecule is CC(C)C(C)N[C@@H](CCC(O)O)C(=O)NC(CNC(=O)[C@H](CN)NC(C)(C)C)C(=O)O. The third kappa shape index (κ3) is 12.6. The molecule has 0 spiro atoms. The molecule has 0 aromatic heterocycles. The Bertz CT molecular complexity index is 579. The Hall–Kier alpha value is -1.79. The lowest BCUT2D eigenvalue weighted by molar-refractivity contribution is -0.142. The average Bonchev–Trinajstić information content (AvgIpc) is 2.64. The Labute approximate surface area is 184 Å². The number of rotatable bonds is 14. The van der Waals surface area contributed by atoms with Gasteiger partial charge in [0.05, 0.1) is 12.1 Å². The quantitative estimate of drug-likeness (QED) is 0.146. The van der Waals surface area contributed by atoms with E-state index in [4.69, 9.17) is 15.9 Å². The fourth-order valence-electron chi connectivity index (χ4n) is 2.67. The van der Waals surface area contributed by atoms with Gasteiger partial charge in [-0.1, -0.05) is 13.8 Å². The average molecular weight is 448 g/mol. The van der Waals surface area contributed by atoms with Crippen molar-refractivity contribution in [3.05, 3.63) is 0 Å². The minimum Gasteiger partial charge on any atom is -0.480 e. The van der Waals surface area contributed by atoms with E-state index in [9.17, 15) is 19.5 Å². The summed E-state index contributed by atoms with van der Waals surface area (Å²) < 4.78 is 0. The van der Waals surface area contributed by atoms with Crippen LogP contribution in [-0.2, 0) is 14.4 Å². The summed E-state index contributed by atoms with van der Waals surface area (Å²) in [5.74, 6) is -2.17. The van der Waals surface area contributed by atoms with Gasteiger partial charge < -0.3 is 42.3 Å². The molecule has 0 saturated carbocycles. The fourth-order valence-corrected chi connectivity index (χ4v) is 2.67. The molecule has 0 aromatic rings. The summed E-state index contributed by atoms with van der Waals surface area (Å²) >= 11 is 0. The van der Waals surface area contributed by atoms with Gasteiger partial charge in [-0.15, -0.1) is 0 Å². The molecule has 0 aliphatic carbocycles.